The summed E-state index contributed by atoms with van der Waals surface area (Å²) in [5.41, 5.74) is 2.82. The maximum atomic E-state index is 5.76. The first-order valence-electron chi connectivity index (χ1n) is 5.14. The second-order valence-corrected chi connectivity index (χ2v) is 4.97. The minimum atomic E-state index is 0.241. The standard InChI is InChI=1S/C13H19Cl/c1-10(2)13(3,4)12-7-5-11(9-14)6-8-12/h5-8,10H,9H2,1-4H3. The topological polar surface area (TPSA) is 0 Å². The fraction of sp³-hybridized carbons (Fsp3) is 0.538. The van der Waals surface area contributed by atoms with Gasteiger partial charge in [0.25, 0.3) is 0 Å². The summed E-state index contributed by atoms with van der Waals surface area (Å²) in [5.74, 6) is 1.24. The van der Waals surface area contributed by atoms with Crippen LogP contribution in [-0.4, -0.2) is 0 Å². The Hall–Kier alpha value is -0.490. The molecule has 78 valence electrons. The summed E-state index contributed by atoms with van der Waals surface area (Å²) >= 11 is 5.76. The van der Waals surface area contributed by atoms with E-state index in [1.165, 1.54) is 11.1 Å². The summed E-state index contributed by atoms with van der Waals surface area (Å²) in [6.45, 7) is 9.09. The van der Waals surface area contributed by atoms with Crippen LogP contribution in [0.25, 0.3) is 0 Å². The Morgan fingerprint density at radius 3 is 2.00 bits per heavy atom. The molecule has 0 heterocycles. The van der Waals surface area contributed by atoms with Gasteiger partial charge in [-0.2, -0.15) is 0 Å². The zero-order valence-electron chi connectivity index (χ0n) is 9.47. The van der Waals surface area contributed by atoms with Crippen LogP contribution in [0.4, 0.5) is 0 Å². The van der Waals surface area contributed by atoms with Crippen molar-refractivity contribution in [2.24, 2.45) is 5.92 Å². The van der Waals surface area contributed by atoms with E-state index >= 15 is 0 Å². The van der Waals surface area contributed by atoms with E-state index in [-0.39, 0.29) is 5.41 Å². The number of hydrogen-bond acceptors (Lipinski definition) is 0. The fourth-order valence-electron chi connectivity index (χ4n) is 1.36. The summed E-state index contributed by atoms with van der Waals surface area (Å²) < 4.78 is 0. The summed E-state index contributed by atoms with van der Waals surface area (Å²) in [6, 6.07) is 8.62. The van der Waals surface area contributed by atoms with Gasteiger partial charge in [-0.1, -0.05) is 52.0 Å². The van der Waals surface area contributed by atoms with Gasteiger partial charge in [0.1, 0.15) is 0 Å². The van der Waals surface area contributed by atoms with Crippen LogP contribution in [-0.2, 0) is 11.3 Å². The van der Waals surface area contributed by atoms with Crippen LogP contribution in [0.5, 0.6) is 0 Å². The second-order valence-electron chi connectivity index (χ2n) is 4.71. The van der Waals surface area contributed by atoms with Gasteiger partial charge in [-0.3, -0.25) is 0 Å². The Morgan fingerprint density at radius 2 is 1.64 bits per heavy atom. The third-order valence-electron chi connectivity index (χ3n) is 3.30. The molecule has 0 aliphatic heterocycles. The molecule has 1 rings (SSSR count). The van der Waals surface area contributed by atoms with Crippen LogP contribution < -0.4 is 0 Å². The van der Waals surface area contributed by atoms with Crippen LogP contribution in [0.2, 0.25) is 0 Å². The van der Waals surface area contributed by atoms with Crippen molar-refractivity contribution < 1.29 is 0 Å². The highest BCUT2D eigenvalue weighted by Gasteiger charge is 2.24. The van der Waals surface area contributed by atoms with E-state index in [1.807, 2.05) is 0 Å². The van der Waals surface area contributed by atoms with E-state index < -0.39 is 0 Å². The Morgan fingerprint density at radius 1 is 1.14 bits per heavy atom. The lowest BCUT2D eigenvalue weighted by atomic mass is 9.75. The minimum absolute atomic E-state index is 0.241. The lowest BCUT2D eigenvalue weighted by Gasteiger charge is -2.30. The average Bonchev–Trinajstić information content (AvgIpc) is 2.17. The van der Waals surface area contributed by atoms with Gasteiger partial charge in [-0.05, 0) is 22.5 Å². The molecule has 0 aliphatic rings. The molecular weight excluding hydrogens is 192 g/mol. The lowest BCUT2D eigenvalue weighted by Crippen LogP contribution is -2.24. The Bertz CT molecular complexity index is 283. The first kappa shape index (κ1) is 11.6. The van der Waals surface area contributed by atoms with E-state index in [0.717, 1.165) is 0 Å². The van der Waals surface area contributed by atoms with Gasteiger partial charge in [0.05, 0.1) is 0 Å². The quantitative estimate of drug-likeness (QED) is 0.651. The number of rotatable bonds is 3. The normalized spacial score (nSPS) is 12.1. The van der Waals surface area contributed by atoms with E-state index in [1.54, 1.807) is 0 Å². The van der Waals surface area contributed by atoms with E-state index in [4.69, 9.17) is 11.6 Å². The van der Waals surface area contributed by atoms with Crippen molar-refractivity contribution in [2.75, 3.05) is 0 Å². The first-order chi connectivity index (χ1) is 6.48. The summed E-state index contributed by atoms with van der Waals surface area (Å²) in [5, 5.41) is 0. The molecule has 0 saturated carbocycles. The van der Waals surface area contributed by atoms with E-state index in [9.17, 15) is 0 Å². The molecule has 0 radical (unpaired) electrons. The van der Waals surface area contributed by atoms with Gasteiger partial charge >= 0.3 is 0 Å². The molecular formula is C13H19Cl. The number of hydrogen-bond donors (Lipinski definition) is 0. The summed E-state index contributed by atoms with van der Waals surface area (Å²) in [4.78, 5) is 0. The molecule has 0 aromatic heterocycles. The molecule has 0 nitrogen and oxygen atoms in total. The first-order valence-corrected chi connectivity index (χ1v) is 5.67. The van der Waals surface area contributed by atoms with Crippen LogP contribution in [0, 0.1) is 5.92 Å². The molecule has 0 saturated heterocycles. The highest BCUT2D eigenvalue weighted by Crippen LogP contribution is 2.31. The van der Waals surface area contributed by atoms with Gasteiger partial charge in [0.15, 0.2) is 0 Å². The lowest BCUT2D eigenvalue weighted by molar-refractivity contribution is 0.372. The van der Waals surface area contributed by atoms with Crippen LogP contribution in [0.3, 0.4) is 0 Å². The number of benzene rings is 1. The van der Waals surface area contributed by atoms with E-state index in [2.05, 4.69) is 52.0 Å². The highest BCUT2D eigenvalue weighted by atomic mass is 35.5. The van der Waals surface area contributed by atoms with Gasteiger partial charge in [-0.15, -0.1) is 11.6 Å². The third-order valence-corrected chi connectivity index (χ3v) is 3.60. The summed E-state index contributed by atoms with van der Waals surface area (Å²) in [6.07, 6.45) is 0. The van der Waals surface area contributed by atoms with Crippen molar-refractivity contribution in [3.63, 3.8) is 0 Å². The molecule has 0 aliphatic carbocycles. The molecule has 0 spiro atoms. The van der Waals surface area contributed by atoms with Crippen LogP contribution >= 0.6 is 11.6 Å². The molecule has 0 atom stereocenters. The van der Waals surface area contributed by atoms with Crippen molar-refractivity contribution in [2.45, 2.75) is 39.0 Å². The zero-order chi connectivity index (χ0) is 10.8. The molecule has 0 fully saturated rings. The SMILES string of the molecule is CC(C)C(C)(C)c1ccc(CCl)cc1. The Kier molecular flexibility index (Phi) is 3.60. The van der Waals surface area contributed by atoms with Gasteiger partial charge < -0.3 is 0 Å². The average molecular weight is 211 g/mol. The van der Waals surface area contributed by atoms with Crippen LogP contribution in [0.1, 0.15) is 38.8 Å². The zero-order valence-corrected chi connectivity index (χ0v) is 10.2. The Labute approximate surface area is 92.3 Å². The number of alkyl halides is 1. The minimum Gasteiger partial charge on any atom is -0.122 e. The smallest absolute Gasteiger partial charge is 0.0474 e. The maximum Gasteiger partial charge on any atom is 0.0474 e. The van der Waals surface area contributed by atoms with Gasteiger partial charge in [0.2, 0.25) is 0 Å². The van der Waals surface area contributed by atoms with Gasteiger partial charge in [0, 0.05) is 5.88 Å². The van der Waals surface area contributed by atoms with Crippen molar-refractivity contribution in [1.29, 1.82) is 0 Å². The molecule has 0 amide bonds. The predicted molar refractivity (Wildman–Crippen MR) is 63.9 cm³/mol. The van der Waals surface area contributed by atoms with Crippen molar-refractivity contribution in [3.8, 4) is 0 Å². The molecule has 1 aromatic rings. The number of halogens is 1. The van der Waals surface area contributed by atoms with Crippen LogP contribution in [0.15, 0.2) is 24.3 Å². The van der Waals surface area contributed by atoms with Gasteiger partial charge in [-0.25, -0.2) is 0 Å². The third kappa shape index (κ3) is 2.30. The monoisotopic (exact) mass is 210 g/mol. The van der Waals surface area contributed by atoms with Crippen molar-refractivity contribution in [1.82, 2.24) is 0 Å². The molecule has 0 unspecified atom stereocenters. The molecule has 1 aromatic carbocycles. The molecule has 0 N–H and O–H groups in total. The van der Waals surface area contributed by atoms with Crippen molar-refractivity contribution in [3.05, 3.63) is 35.4 Å². The molecule has 14 heavy (non-hydrogen) atoms. The fourth-order valence-corrected chi connectivity index (χ4v) is 1.53. The van der Waals surface area contributed by atoms with Crippen molar-refractivity contribution >= 4 is 11.6 Å². The predicted octanol–water partition coefficient (Wildman–Crippen LogP) is 4.36. The molecule has 0 bridgehead atoms. The molecule has 1 heteroatoms. The van der Waals surface area contributed by atoms with E-state index in [0.29, 0.717) is 11.8 Å². The Balaban J connectivity index is 2.97. The maximum absolute atomic E-state index is 5.76. The highest BCUT2D eigenvalue weighted by molar-refractivity contribution is 6.17. The summed E-state index contributed by atoms with van der Waals surface area (Å²) in [7, 11) is 0. The second kappa shape index (κ2) is 4.35. The largest absolute Gasteiger partial charge is 0.122 e.